The summed E-state index contributed by atoms with van der Waals surface area (Å²) in [4.78, 5) is 13.6. The molecule has 8 heteroatoms. The van der Waals surface area contributed by atoms with Crippen LogP contribution >= 0.6 is 23.4 Å². The number of halogens is 1. The minimum Gasteiger partial charge on any atom is -0.452 e. The molecule has 1 aromatic rings. The van der Waals surface area contributed by atoms with E-state index in [1.54, 1.807) is 0 Å². The molecule has 1 atom stereocenters. The number of rotatable bonds is 2. The lowest BCUT2D eigenvalue weighted by Crippen LogP contribution is -2.49. The Morgan fingerprint density at radius 2 is 2.33 bits per heavy atom. The van der Waals surface area contributed by atoms with E-state index in [0.29, 0.717) is 18.1 Å². The molecule has 0 aliphatic carbocycles. The van der Waals surface area contributed by atoms with Gasteiger partial charge >= 0.3 is 0 Å². The van der Waals surface area contributed by atoms with Crippen molar-refractivity contribution in [3.8, 4) is 0 Å². The summed E-state index contributed by atoms with van der Waals surface area (Å²) in [5, 5.41) is -0.805. The number of hydrogen-bond acceptors (Lipinski definition) is 5. The van der Waals surface area contributed by atoms with Crippen LogP contribution in [-0.4, -0.2) is 48.9 Å². The lowest BCUT2D eigenvalue weighted by atomic mass is 10.3. The molecule has 1 unspecified atom stereocenters. The molecule has 0 bridgehead atoms. The second-order valence-electron chi connectivity index (χ2n) is 3.97. The van der Waals surface area contributed by atoms with E-state index in [1.807, 2.05) is 0 Å². The van der Waals surface area contributed by atoms with E-state index in [2.05, 4.69) is 0 Å². The Kier molecular flexibility index (Phi) is 3.93. The van der Waals surface area contributed by atoms with Crippen LogP contribution < -0.4 is 0 Å². The predicted molar refractivity (Wildman–Crippen MR) is 70.7 cm³/mol. The fourth-order valence-corrected chi connectivity index (χ4v) is 4.78. The number of nitrogens with zero attached hydrogens (tertiary/aromatic N) is 1. The first-order valence-electron chi connectivity index (χ1n) is 5.22. The summed E-state index contributed by atoms with van der Waals surface area (Å²) in [5.74, 6) is 0.706. The summed E-state index contributed by atoms with van der Waals surface area (Å²) in [6.45, 7) is 0.392. The molecular formula is C10H12ClNO4S2. The molecule has 0 radical (unpaired) electrons. The quantitative estimate of drug-likeness (QED) is 0.828. The molecule has 0 N–H and O–H groups in total. The average molecular weight is 310 g/mol. The molecule has 0 aromatic carbocycles. The van der Waals surface area contributed by atoms with Gasteiger partial charge in [0.1, 0.15) is 5.37 Å². The van der Waals surface area contributed by atoms with Gasteiger partial charge in [-0.2, -0.15) is 11.8 Å². The van der Waals surface area contributed by atoms with Crippen molar-refractivity contribution in [2.24, 2.45) is 0 Å². The highest BCUT2D eigenvalue weighted by Crippen LogP contribution is 2.25. The van der Waals surface area contributed by atoms with Crippen molar-refractivity contribution in [2.75, 3.05) is 24.3 Å². The van der Waals surface area contributed by atoms with E-state index in [1.165, 1.54) is 29.0 Å². The number of hydrogen-bond donors (Lipinski definition) is 0. The van der Waals surface area contributed by atoms with Crippen molar-refractivity contribution in [3.05, 3.63) is 23.1 Å². The summed E-state index contributed by atoms with van der Waals surface area (Å²) in [7, 11) is -3.31. The van der Waals surface area contributed by atoms with Crippen molar-refractivity contribution in [1.29, 1.82) is 0 Å². The Bertz CT molecular complexity index is 554. The fraction of sp³-hybridized carbons (Fsp3) is 0.500. The van der Waals surface area contributed by atoms with Gasteiger partial charge in [0, 0.05) is 24.3 Å². The summed E-state index contributed by atoms with van der Waals surface area (Å²) in [6, 6.07) is 1.45. The zero-order valence-corrected chi connectivity index (χ0v) is 12.0. The third kappa shape index (κ3) is 2.67. The Morgan fingerprint density at radius 1 is 1.61 bits per heavy atom. The molecule has 1 aliphatic rings. The standard InChI is InChI=1S/C10H12ClNO4S2/c1-18(14,15)8-6-17-5-3-12(8)10(13)7-2-4-16-9(7)11/h2,4,8H,3,5-6H2,1H3. The Labute approximate surface area is 114 Å². The number of amides is 1. The smallest absolute Gasteiger partial charge is 0.259 e. The SMILES string of the molecule is CS(=O)(=O)C1CSCCN1C(=O)c1ccoc1Cl. The van der Waals surface area contributed by atoms with Crippen molar-refractivity contribution in [1.82, 2.24) is 4.90 Å². The molecule has 1 amide bonds. The maximum Gasteiger partial charge on any atom is 0.259 e. The second-order valence-corrected chi connectivity index (χ2v) is 7.66. The van der Waals surface area contributed by atoms with Crippen LogP contribution in [0.1, 0.15) is 10.4 Å². The first-order chi connectivity index (χ1) is 8.41. The van der Waals surface area contributed by atoms with Gasteiger partial charge in [-0.1, -0.05) is 0 Å². The lowest BCUT2D eigenvalue weighted by Gasteiger charge is -2.33. The average Bonchev–Trinajstić information content (AvgIpc) is 2.73. The minimum atomic E-state index is -3.31. The lowest BCUT2D eigenvalue weighted by molar-refractivity contribution is 0.0749. The van der Waals surface area contributed by atoms with Crippen LogP contribution in [0, 0.1) is 0 Å². The van der Waals surface area contributed by atoms with Crippen molar-refractivity contribution < 1.29 is 17.6 Å². The van der Waals surface area contributed by atoms with Gasteiger partial charge in [0.15, 0.2) is 9.84 Å². The number of carbonyl (C=O) groups excluding carboxylic acids is 1. The monoisotopic (exact) mass is 309 g/mol. The molecule has 18 heavy (non-hydrogen) atoms. The molecule has 1 aliphatic heterocycles. The summed E-state index contributed by atoms with van der Waals surface area (Å²) >= 11 is 7.27. The topological polar surface area (TPSA) is 67.6 Å². The van der Waals surface area contributed by atoms with Crippen molar-refractivity contribution >= 4 is 39.1 Å². The Morgan fingerprint density at radius 3 is 2.89 bits per heavy atom. The molecule has 2 heterocycles. The highest BCUT2D eigenvalue weighted by molar-refractivity contribution is 8.00. The van der Waals surface area contributed by atoms with E-state index in [4.69, 9.17) is 16.0 Å². The normalized spacial score (nSPS) is 21.0. The molecule has 1 aromatic heterocycles. The first kappa shape index (κ1) is 13.8. The second kappa shape index (κ2) is 5.14. The van der Waals surface area contributed by atoms with Crippen LogP contribution in [0.2, 0.25) is 5.22 Å². The largest absolute Gasteiger partial charge is 0.452 e. The van der Waals surface area contributed by atoms with Gasteiger partial charge in [-0.25, -0.2) is 8.42 Å². The van der Waals surface area contributed by atoms with Gasteiger partial charge in [0.05, 0.1) is 11.8 Å². The molecular weight excluding hydrogens is 298 g/mol. The molecule has 0 saturated carbocycles. The van der Waals surface area contributed by atoms with Crippen LogP contribution in [0.15, 0.2) is 16.7 Å². The number of carbonyl (C=O) groups is 1. The number of sulfone groups is 1. The highest BCUT2D eigenvalue weighted by Gasteiger charge is 2.35. The van der Waals surface area contributed by atoms with Gasteiger partial charge in [-0.3, -0.25) is 4.79 Å². The molecule has 1 fully saturated rings. The van der Waals surface area contributed by atoms with Crippen LogP contribution in [0.4, 0.5) is 0 Å². The van der Waals surface area contributed by atoms with E-state index in [0.717, 1.165) is 6.26 Å². The number of thioether (sulfide) groups is 1. The Balaban J connectivity index is 2.30. The van der Waals surface area contributed by atoms with E-state index in [-0.39, 0.29) is 10.8 Å². The molecule has 5 nitrogen and oxygen atoms in total. The summed E-state index contributed by atoms with van der Waals surface area (Å²) in [6.07, 6.45) is 2.45. The van der Waals surface area contributed by atoms with E-state index in [9.17, 15) is 13.2 Å². The fourth-order valence-electron chi connectivity index (χ4n) is 1.77. The van der Waals surface area contributed by atoms with Crippen LogP contribution in [0.25, 0.3) is 0 Å². The molecule has 1 saturated heterocycles. The van der Waals surface area contributed by atoms with E-state index >= 15 is 0 Å². The maximum atomic E-state index is 12.2. The zero-order valence-electron chi connectivity index (χ0n) is 9.63. The summed E-state index contributed by atoms with van der Waals surface area (Å²) < 4.78 is 28.2. The highest BCUT2D eigenvalue weighted by atomic mass is 35.5. The van der Waals surface area contributed by atoms with Crippen molar-refractivity contribution in [3.63, 3.8) is 0 Å². The van der Waals surface area contributed by atoms with Crippen LogP contribution in [-0.2, 0) is 9.84 Å². The molecule has 100 valence electrons. The molecule has 2 rings (SSSR count). The third-order valence-corrected chi connectivity index (χ3v) is 5.62. The van der Waals surface area contributed by atoms with Crippen LogP contribution in [0.5, 0.6) is 0 Å². The Hall–Kier alpha value is -0.660. The third-order valence-electron chi connectivity index (χ3n) is 2.69. The van der Waals surface area contributed by atoms with Crippen molar-refractivity contribution in [2.45, 2.75) is 5.37 Å². The summed E-state index contributed by atoms with van der Waals surface area (Å²) in [5.41, 5.74) is 0.206. The minimum absolute atomic E-state index is 0.00882. The molecule has 0 spiro atoms. The van der Waals surface area contributed by atoms with Gasteiger partial charge < -0.3 is 9.32 Å². The van der Waals surface area contributed by atoms with Gasteiger partial charge in [0.25, 0.3) is 5.91 Å². The van der Waals surface area contributed by atoms with Gasteiger partial charge in [-0.05, 0) is 17.7 Å². The maximum absolute atomic E-state index is 12.2. The van der Waals surface area contributed by atoms with Crippen LogP contribution in [0.3, 0.4) is 0 Å². The zero-order chi connectivity index (χ0) is 13.3. The van der Waals surface area contributed by atoms with Gasteiger partial charge in [0.2, 0.25) is 5.22 Å². The first-order valence-corrected chi connectivity index (χ1v) is 8.70. The van der Waals surface area contributed by atoms with Gasteiger partial charge in [-0.15, -0.1) is 0 Å². The number of furan rings is 1. The van der Waals surface area contributed by atoms with E-state index < -0.39 is 21.1 Å². The predicted octanol–water partition coefficient (Wildman–Crippen LogP) is 1.49.